The Kier molecular flexibility index (Phi) is 188. The molecule has 0 bridgehead atoms. The first kappa shape index (κ1) is 37.5. The first-order valence-corrected chi connectivity index (χ1v) is 0. The van der Waals surface area contributed by atoms with Crippen molar-refractivity contribution in [1.29, 1.82) is 0 Å². The normalized spacial score (nSPS) is 0. The molecule has 0 unspecified atom stereocenters. The molecule has 0 heterocycles. The fourth-order valence-electron chi connectivity index (χ4n) is 0. The summed E-state index contributed by atoms with van der Waals surface area (Å²) >= 11 is 0. The molecule has 0 aliphatic carbocycles. The van der Waals surface area contributed by atoms with Crippen LogP contribution in [0.15, 0.2) is 0 Å². The molecule has 0 aromatic rings. The fraction of sp³-hybridized carbons (Fsp3) is 1.00. The molecule has 0 saturated carbocycles. The van der Waals surface area contributed by atoms with E-state index in [9.17, 15) is 0 Å². The maximum Gasteiger partial charge on any atom is 1.00 e. The van der Waals surface area contributed by atoms with E-state index < -0.39 is 0 Å². The van der Waals surface area contributed by atoms with Gasteiger partial charge in [0.2, 0.25) is 0 Å². The van der Waals surface area contributed by atoms with Gasteiger partial charge in [0.05, 0.1) is 0 Å². The van der Waals surface area contributed by atoms with Gasteiger partial charge in [-0.25, -0.2) is 0 Å². The molecule has 0 spiro atoms. The summed E-state index contributed by atoms with van der Waals surface area (Å²) in [7, 11) is 0. The van der Waals surface area contributed by atoms with Gasteiger partial charge in [0.15, 0.2) is 0 Å². The Hall–Kier alpha value is 2.00. The van der Waals surface area contributed by atoms with Crippen molar-refractivity contribution < 1.29 is 62.0 Å². The molecular formula is C2H10Na2. The van der Waals surface area contributed by atoms with E-state index in [2.05, 4.69) is 0 Å². The molecule has 0 nitrogen and oxygen atoms in total. The van der Waals surface area contributed by atoms with Crippen molar-refractivity contribution in [2.75, 3.05) is 0 Å². The van der Waals surface area contributed by atoms with Crippen LogP contribution in [0.3, 0.4) is 0 Å². The van der Waals surface area contributed by atoms with Crippen LogP contribution in [0, 0.1) is 0 Å². The van der Waals surface area contributed by atoms with Crippen LogP contribution in [-0.4, -0.2) is 0 Å². The summed E-state index contributed by atoms with van der Waals surface area (Å²) in [5, 5.41) is 0. The van der Waals surface area contributed by atoms with Crippen LogP contribution in [0.25, 0.3) is 0 Å². The van der Waals surface area contributed by atoms with E-state index in [1.165, 1.54) is 0 Å². The summed E-state index contributed by atoms with van der Waals surface area (Å²) in [5.41, 5.74) is 0. The van der Waals surface area contributed by atoms with E-state index in [0.29, 0.717) is 0 Å². The minimum Gasteiger partial charge on any atom is -1.00 e. The second-order valence-corrected chi connectivity index (χ2v) is 0. The van der Waals surface area contributed by atoms with Crippen LogP contribution >= 0.6 is 0 Å². The average Bonchev–Trinajstić information content (AvgIpc) is 0. The van der Waals surface area contributed by atoms with Crippen molar-refractivity contribution in [3.63, 3.8) is 0 Å². The zero-order valence-electron chi connectivity index (χ0n) is 4.00. The molecule has 0 saturated heterocycles. The topological polar surface area (TPSA) is 0 Å². The molecule has 4 heavy (non-hydrogen) atoms. The third-order valence-corrected chi connectivity index (χ3v) is 0. The second kappa shape index (κ2) is 20.0. The molecule has 0 aliphatic heterocycles. The molecule has 20 valence electrons. The smallest absolute Gasteiger partial charge is 1.00 e. The predicted octanol–water partition coefficient (Wildman–Crippen LogP) is -4.49. The average molecular weight is 80.1 g/mol. The van der Waals surface area contributed by atoms with Crippen molar-refractivity contribution in [2.24, 2.45) is 0 Å². The van der Waals surface area contributed by atoms with Gasteiger partial charge in [0, 0.05) is 0 Å². The number of rotatable bonds is 0. The Morgan fingerprint density at radius 2 is 0.750 bits per heavy atom. The summed E-state index contributed by atoms with van der Waals surface area (Å²) in [4.78, 5) is 0. The van der Waals surface area contributed by atoms with E-state index in [4.69, 9.17) is 0 Å². The molecular weight excluding hydrogens is 70.0 g/mol. The third-order valence-electron chi connectivity index (χ3n) is 0. The van der Waals surface area contributed by atoms with Gasteiger partial charge in [-0.1, -0.05) is 14.9 Å². The molecule has 0 fully saturated rings. The van der Waals surface area contributed by atoms with Crippen molar-refractivity contribution in [1.82, 2.24) is 0 Å². The zero-order chi connectivity index (χ0) is 0. The summed E-state index contributed by atoms with van der Waals surface area (Å²) in [6, 6.07) is 0. The largest absolute Gasteiger partial charge is 1.00 e. The number of hydrogen-bond donors (Lipinski definition) is 0. The fourth-order valence-corrected chi connectivity index (χ4v) is 0. The molecule has 0 aromatic carbocycles. The molecule has 0 radical (unpaired) electrons. The quantitative estimate of drug-likeness (QED) is 0.257. The molecule has 0 aromatic heterocycles. The predicted molar refractivity (Wildman–Crippen MR) is 15.7 cm³/mol. The molecule has 0 amide bonds. The van der Waals surface area contributed by atoms with Gasteiger partial charge in [0.25, 0.3) is 0 Å². The third kappa shape index (κ3) is 9.00. The Labute approximate surface area is 75.9 Å². The first-order chi connectivity index (χ1) is 0. The minimum atomic E-state index is 0. The van der Waals surface area contributed by atoms with Crippen molar-refractivity contribution >= 4 is 0 Å². The first-order valence-electron chi connectivity index (χ1n) is 0. The van der Waals surface area contributed by atoms with Gasteiger partial charge in [-0.05, 0) is 0 Å². The van der Waals surface area contributed by atoms with E-state index >= 15 is 0 Å². The Morgan fingerprint density at radius 1 is 0.750 bits per heavy atom. The molecule has 0 atom stereocenters. The van der Waals surface area contributed by atoms with Crippen LogP contribution in [0.5, 0.6) is 0 Å². The Balaban J connectivity index is 0. The summed E-state index contributed by atoms with van der Waals surface area (Å²) in [5.74, 6) is 0. The van der Waals surface area contributed by atoms with Crippen molar-refractivity contribution in [2.45, 2.75) is 14.9 Å². The van der Waals surface area contributed by atoms with Crippen LogP contribution < -0.4 is 59.1 Å². The second-order valence-electron chi connectivity index (χ2n) is 0. The van der Waals surface area contributed by atoms with Crippen LogP contribution in [0.1, 0.15) is 17.7 Å². The van der Waals surface area contributed by atoms with Gasteiger partial charge in [-0.2, -0.15) is 0 Å². The molecule has 2 heteroatoms. The zero-order valence-corrected chi connectivity index (χ0v) is 6.00. The summed E-state index contributed by atoms with van der Waals surface area (Å²) in [6.45, 7) is 0. The van der Waals surface area contributed by atoms with Gasteiger partial charge in [-0.3, -0.25) is 0 Å². The summed E-state index contributed by atoms with van der Waals surface area (Å²) < 4.78 is 0. The standard InChI is InChI=1S/2CH4.2Na.2H/h2*1H4;;;;/q;;2*+1;2*-1. The van der Waals surface area contributed by atoms with Gasteiger partial charge in [0.1, 0.15) is 0 Å². The number of hydrogen-bond acceptors (Lipinski definition) is 0. The minimum absolute atomic E-state index is 0. The van der Waals surface area contributed by atoms with Gasteiger partial charge >= 0.3 is 59.1 Å². The van der Waals surface area contributed by atoms with Crippen LogP contribution in [0.2, 0.25) is 0 Å². The van der Waals surface area contributed by atoms with E-state index in [1.54, 1.807) is 0 Å². The van der Waals surface area contributed by atoms with E-state index in [1.807, 2.05) is 0 Å². The van der Waals surface area contributed by atoms with E-state index in [0.717, 1.165) is 0 Å². The molecule has 0 rings (SSSR count). The van der Waals surface area contributed by atoms with Crippen molar-refractivity contribution in [3.05, 3.63) is 0 Å². The Bertz CT molecular complexity index is 9.51. The van der Waals surface area contributed by atoms with Crippen LogP contribution in [-0.2, 0) is 0 Å². The summed E-state index contributed by atoms with van der Waals surface area (Å²) in [6.07, 6.45) is 0. The molecule has 0 aliphatic rings. The van der Waals surface area contributed by atoms with E-state index in [-0.39, 0.29) is 76.8 Å². The van der Waals surface area contributed by atoms with Crippen molar-refractivity contribution in [3.8, 4) is 0 Å². The SMILES string of the molecule is C.C.[H-].[H-].[Na+].[Na+]. The van der Waals surface area contributed by atoms with Gasteiger partial charge in [-0.15, -0.1) is 0 Å². The van der Waals surface area contributed by atoms with Gasteiger partial charge < -0.3 is 2.85 Å². The maximum absolute atomic E-state index is 0. The monoisotopic (exact) mass is 80.1 g/mol. The van der Waals surface area contributed by atoms with Crippen LogP contribution in [0.4, 0.5) is 0 Å². The Morgan fingerprint density at radius 3 is 0.750 bits per heavy atom. The molecule has 0 N–H and O–H groups in total. The maximum atomic E-state index is 0.